The van der Waals surface area contributed by atoms with Gasteiger partial charge in [-0.1, -0.05) is 17.5 Å². The van der Waals surface area contributed by atoms with Gasteiger partial charge in [-0.15, -0.1) is 5.10 Å². The fourth-order valence-electron chi connectivity index (χ4n) is 2.50. The highest BCUT2D eigenvalue weighted by Crippen LogP contribution is 2.24. The van der Waals surface area contributed by atoms with Gasteiger partial charge in [-0.3, -0.25) is 4.79 Å². The van der Waals surface area contributed by atoms with E-state index < -0.39 is 0 Å². The average Bonchev–Trinajstić information content (AvgIpc) is 2.94. The summed E-state index contributed by atoms with van der Waals surface area (Å²) in [5, 5.41) is 4.01. The zero-order chi connectivity index (χ0) is 14.1. The number of aryl methyl sites for hydroxylation is 1. The van der Waals surface area contributed by atoms with Crippen molar-refractivity contribution in [2.75, 3.05) is 12.3 Å². The number of nitrogens with two attached hydrogens (primary N) is 1. The normalized spacial score (nSPS) is 14.2. The number of hydrogen-bond acceptors (Lipinski definition) is 5. The second-order valence-corrected chi connectivity index (χ2v) is 5.66. The van der Waals surface area contributed by atoms with Gasteiger partial charge in [0.1, 0.15) is 4.88 Å². The Morgan fingerprint density at radius 2 is 2.30 bits per heavy atom. The molecule has 0 spiro atoms. The van der Waals surface area contributed by atoms with E-state index in [1.54, 1.807) is 0 Å². The first-order chi connectivity index (χ1) is 9.69. The monoisotopic (exact) mass is 288 g/mol. The van der Waals surface area contributed by atoms with Gasteiger partial charge in [-0.05, 0) is 47.6 Å². The standard InChI is InChI=1S/C14H16N4OS/c1-2-12-13(20-17-16-12)14(19)18-6-5-9-3-4-11(15)7-10(9)8-18/h3-4,7H,2,5-6,8,15H2,1H3. The summed E-state index contributed by atoms with van der Waals surface area (Å²) in [4.78, 5) is 15.1. The number of nitrogens with zero attached hydrogens (tertiary/aromatic N) is 3. The van der Waals surface area contributed by atoms with Crippen molar-refractivity contribution >= 4 is 23.1 Å². The molecule has 1 aromatic heterocycles. The van der Waals surface area contributed by atoms with Crippen molar-refractivity contribution in [1.82, 2.24) is 14.5 Å². The van der Waals surface area contributed by atoms with Crippen LogP contribution in [0.1, 0.15) is 33.4 Å². The van der Waals surface area contributed by atoms with E-state index in [9.17, 15) is 4.79 Å². The maximum absolute atomic E-state index is 12.6. The highest BCUT2D eigenvalue weighted by molar-refractivity contribution is 7.08. The number of rotatable bonds is 2. The van der Waals surface area contributed by atoms with Crippen molar-refractivity contribution in [3.05, 3.63) is 39.9 Å². The van der Waals surface area contributed by atoms with E-state index in [2.05, 4.69) is 15.7 Å². The average molecular weight is 288 g/mol. The zero-order valence-corrected chi connectivity index (χ0v) is 12.1. The van der Waals surface area contributed by atoms with Crippen LogP contribution in [-0.4, -0.2) is 26.9 Å². The second kappa shape index (κ2) is 5.20. The van der Waals surface area contributed by atoms with E-state index >= 15 is 0 Å². The molecule has 1 aromatic carbocycles. The van der Waals surface area contributed by atoms with Crippen molar-refractivity contribution < 1.29 is 4.79 Å². The van der Waals surface area contributed by atoms with Gasteiger partial charge < -0.3 is 10.6 Å². The summed E-state index contributed by atoms with van der Waals surface area (Å²) >= 11 is 1.18. The van der Waals surface area contributed by atoms with Crippen molar-refractivity contribution in [1.29, 1.82) is 0 Å². The maximum Gasteiger partial charge on any atom is 0.267 e. The Balaban J connectivity index is 1.85. The first kappa shape index (κ1) is 13.1. The molecule has 2 N–H and O–H groups in total. The molecule has 6 heteroatoms. The number of anilines is 1. The Labute approximate surface area is 121 Å². The third kappa shape index (κ3) is 2.27. The van der Waals surface area contributed by atoms with Gasteiger partial charge in [0.2, 0.25) is 0 Å². The van der Waals surface area contributed by atoms with E-state index in [1.807, 2.05) is 24.0 Å². The van der Waals surface area contributed by atoms with Crippen molar-refractivity contribution in [3.63, 3.8) is 0 Å². The minimum absolute atomic E-state index is 0.0323. The third-order valence-electron chi connectivity index (χ3n) is 3.61. The summed E-state index contributed by atoms with van der Waals surface area (Å²) in [5.41, 5.74) is 9.77. The number of carbonyl (C=O) groups excluding carboxylic acids is 1. The Morgan fingerprint density at radius 3 is 3.10 bits per heavy atom. The van der Waals surface area contributed by atoms with Crippen LogP contribution in [0, 0.1) is 0 Å². The lowest BCUT2D eigenvalue weighted by Gasteiger charge is -2.28. The van der Waals surface area contributed by atoms with Crippen LogP contribution in [0.15, 0.2) is 18.2 Å². The molecular weight excluding hydrogens is 272 g/mol. The fraction of sp³-hybridized carbons (Fsp3) is 0.357. The van der Waals surface area contributed by atoms with Gasteiger partial charge >= 0.3 is 0 Å². The molecule has 1 amide bonds. The van der Waals surface area contributed by atoms with E-state index in [4.69, 9.17) is 5.73 Å². The molecular formula is C14H16N4OS. The minimum atomic E-state index is 0.0323. The molecule has 0 saturated carbocycles. The lowest BCUT2D eigenvalue weighted by atomic mass is 9.99. The SMILES string of the molecule is CCc1nnsc1C(=O)N1CCc2ccc(N)cc2C1. The molecule has 2 heterocycles. The number of nitrogen functional groups attached to an aromatic ring is 1. The van der Waals surface area contributed by atoms with Crippen LogP contribution in [0.2, 0.25) is 0 Å². The summed E-state index contributed by atoms with van der Waals surface area (Å²) < 4.78 is 3.89. The lowest BCUT2D eigenvalue weighted by Crippen LogP contribution is -2.36. The summed E-state index contributed by atoms with van der Waals surface area (Å²) in [6.07, 6.45) is 1.60. The predicted octanol–water partition coefficient (Wildman–Crippen LogP) is 1.88. The molecule has 0 saturated heterocycles. The fourth-order valence-corrected chi connectivity index (χ4v) is 3.22. The predicted molar refractivity (Wildman–Crippen MR) is 78.6 cm³/mol. The Hall–Kier alpha value is -1.95. The molecule has 20 heavy (non-hydrogen) atoms. The molecule has 1 aliphatic heterocycles. The largest absolute Gasteiger partial charge is 0.399 e. The van der Waals surface area contributed by atoms with Crippen molar-refractivity contribution in [2.45, 2.75) is 26.3 Å². The van der Waals surface area contributed by atoms with E-state index in [1.165, 1.54) is 17.1 Å². The van der Waals surface area contributed by atoms with E-state index in [0.29, 0.717) is 11.4 Å². The van der Waals surface area contributed by atoms with Crippen LogP contribution in [-0.2, 0) is 19.4 Å². The Morgan fingerprint density at radius 1 is 1.45 bits per heavy atom. The zero-order valence-electron chi connectivity index (χ0n) is 11.3. The number of aromatic nitrogens is 2. The molecule has 3 rings (SSSR count). The van der Waals surface area contributed by atoms with Crippen LogP contribution >= 0.6 is 11.5 Å². The molecule has 0 aliphatic carbocycles. The maximum atomic E-state index is 12.6. The second-order valence-electron chi connectivity index (χ2n) is 4.91. The quantitative estimate of drug-likeness (QED) is 0.856. The summed E-state index contributed by atoms with van der Waals surface area (Å²) in [5.74, 6) is 0.0323. The topological polar surface area (TPSA) is 72.1 Å². The van der Waals surface area contributed by atoms with Crippen LogP contribution in [0.3, 0.4) is 0 Å². The molecule has 104 valence electrons. The number of hydrogen-bond donors (Lipinski definition) is 1. The highest BCUT2D eigenvalue weighted by Gasteiger charge is 2.25. The molecule has 5 nitrogen and oxygen atoms in total. The first-order valence-electron chi connectivity index (χ1n) is 6.66. The Kier molecular flexibility index (Phi) is 3.40. The molecule has 0 atom stereocenters. The molecule has 0 fully saturated rings. The number of carbonyl (C=O) groups is 1. The summed E-state index contributed by atoms with van der Waals surface area (Å²) in [6.45, 7) is 3.33. The number of amides is 1. The molecule has 0 radical (unpaired) electrons. The van der Waals surface area contributed by atoms with Gasteiger partial charge in [0, 0.05) is 18.8 Å². The van der Waals surface area contributed by atoms with Gasteiger partial charge in [-0.25, -0.2) is 0 Å². The first-order valence-corrected chi connectivity index (χ1v) is 7.44. The van der Waals surface area contributed by atoms with E-state index in [-0.39, 0.29) is 5.91 Å². The van der Waals surface area contributed by atoms with Crippen LogP contribution in [0.4, 0.5) is 5.69 Å². The number of benzene rings is 1. The van der Waals surface area contributed by atoms with Crippen LogP contribution < -0.4 is 5.73 Å². The van der Waals surface area contributed by atoms with Crippen LogP contribution in [0.5, 0.6) is 0 Å². The summed E-state index contributed by atoms with van der Waals surface area (Å²) in [6, 6.07) is 5.93. The molecule has 2 aromatic rings. The minimum Gasteiger partial charge on any atom is -0.399 e. The highest BCUT2D eigenvalue weighted by atomic mass is 32.1. The molecule has 0 bridgehead atoms. The van der Waals surface area contributed by atoms with Gasteiger partial charge in [0.25, 0.3) is 5.91 Å². The smallest absolute Gasteiger partial charge is 0.267 e. The van der Waals surface area contributed by atoms with Crippen molar-refractivity contribution in [3.8, 4) is 0 Å². The lowest BCUT2D eigenvalue weighted by molar-refractivity contribution is 0.0738. The van der Waals surface area contributed by atoms with E-state index in [0.717, 1.165) is 36.3 Å². The number of fused-ring (bicyclic) bond motifs is 1. The molecule has 1 aliphatic rings. The van der Waals surface area contributed by atoms with Gasteiger partial charge in [-0.2, -0.15) is 0 Å². The van der Waals surface area contributed by atoms with Crippen molar-refractivity contribution in [2.24, 2.45) is 0 Å². The molecule has 0 unspecified atom stereocenters. The summed E-state index contributed by atoms with van der Waals surface area (Å²) in [7, 11) is 0. The third-order valence-corrected chi connectivity index (χ3v) is 4.37. The van der Waals surface area contributed by atoms with Gasteiger partial charge in [0.05, 0.1) is 5.69 Å². The van der Waals surface area contributed by atoms with Gasteiger partial charge in [0.15, 0.2) is 0 Å². The van der Waals surface area contributed by atoms with Crippen LogP contribution in [0.25, 0.3) is 0 Å². The Bertz CT molecular complexity index is 652.